The van der Waals surface area contributed by atoms with Crippen LogP contribution in [0.2, 0.25) is 0 Å². The van der Waals surface area contributed by atoms with Crippen LogP contribution in [0.15, 0.2) is 36.4 Å². The van der Waals surface area contributed by atoms with Crippen molar-refractivity contribution in [1.29, 1.82) is 0 Å². The zero-order valence-corrected chi connectivity index (χ0v) is 15.4. The third-order valence-electron chi connectivity index (χ3n) is 3.98. The Morgan fingerprint density at radius 2 is 1.68 bits per heavy atom. The number of amides is 2. The Labute approximate surface area is 160 Å². The molecule has 0 aromatic heterocycles. The quantitative estimate of drug-likeness (QED) is 0.594. The van der Waals surface area contributed by atoms with Crippen LogP contribution >= 0.6 is 0 Å². The molecule has 6 nitrogen and oxygen atoms in total. The third kappa shape index (κ3) is 5.71. The molecule has 2 amide bonds. The van der Waals surface area contributed by atoms with Crippen molar-refractivity contribution < 1.29 is 32.4 Å². The van der Waals surface area contributed by atoms with Gasteiger partial charge in [-0.15, -0.1) is 0 Å². The van der Waals surface area contributed by atoms with Crippen LogP contribution in [0.5, 0.6) is 5.75 Å². The maximum atomic E-state index is 13.6. The first kappa shape index (κ1) is 21.2. The first-order chi connectivity index (χ1) is 13.3. The highest BCUT2D eigenvalue weighted by molar-refractivity contribution is 5.93. The zero-order chi connectivity index (χ0) is 20.7. The van der Waals surface area contributed by atoms with Gasteiger partial charge in [-0.25, -0.2) is 13.2 Å². The van der Waals surface area contributed by atoms with Crippen molar-refractivity contribution in [2.24, 2.45) is 0 Å². The number of carbonyl (C=O) groups is 2. The van der Waals surface area contributed by atoms with Gasteiger partial charge in [0.25, 0.3) is 11.8 Å². The average molecular weight is 396 g/mol. The molecule has 3 N–H and O–H groups in total. The minimum absolute atomic E-state index is 0.0125. The van der Waals surface area contributed by atoms with E-state index in [-0.39, 0.29) is 19.0 Å². The molecule has 150 valence electrons. The fourth-order valence-electron chi connectivity index (χ4n) is 2.49. The number of quaternary nitrogens is 1. The van der Waals surface area contributed by atoms with E-state index in [9.17, 15) is 22.8 Å². The van der Waals surface area contributed by atoms with Crippen molar-refractivity contribution >= 4 is 23.2 Å². The topological polar surface area (TPSA) is 71.9 Å². The van der Waals surface area contributed by atoms with Gasteiger partial charge in [0.05, 0.1) is 19.3 Å². The van der Waals surface area contributed by atoms with Crippen LogP contribution in [0, 0.1) is 17.5 Å². The van der Waals surface area contributed by atoms with Gasteiger partial charge in [0.15, 0.2) is 30.5 Å². The van der Waals surface area contributed by atoms with Crippen LogP contribution < -0.4 is 20.3 Å². The number of carbonyl (C=O) groups excluding carboxylic acids is 2. The van der Waals surface area contributed by atoms with E-state index in [0.29, 0.717) is 22.9 Å². The molecule has 2 aromatic carbocycles. The molecule has 0 saturated heterocycles. The number of methoxy groups -OCH3 is 1. The molecule has 0 bridgehead atoms. The van der Waals surface area contributed by atoms with Crippen molar-refractivity contribution in [1.82, 2.24) is 0 Å². The second kappa shape index (κ2) is 9.75. The smallest absolute Gasteiger partial charge is 0.279 e. The lowest BCUT2D eigenvalue weighted by Gasteiger charge is -2.17. The van der Waals surface area contributed by atoms with E-state index in [2.05, 4.69) is 10.6 Å². The summed E-state index contributed by atoms with van der Waals surface area (Å²) in [6.45, 7) is 2.06. The molecule has 0 heterocycles. The SMILES string of the molecule is CC[NH+](CC(=O)Nc1cccc(OC)c1)CC(=O)Nc1ccc(F)c(F)c1F. The second-order valence-corrected chi connectivity index (χ2v) is 6.01. The Bertz CT molecular complexity index is 862. The number of benzene rings is 2. The molecule has 0 aliphatic heterocycles. The van der Waals surface area contributed by atoms with Gasteiger partial charge in [0, 0.05) is 11.8 Å². The van der Waals surface area contributed by atoms with Crippen LogP contribution in [0.3, 0.4) is 0 Å². The van der Waals surface area contributed by atoms with Crippen molar-refractivity contribution in [2.75, 3.05) is 37.4 Å². The van der Waals surface area contributed by atoms with Crippen LogP contribution in [0.1, 0.15) is 6.92 Å². The maximum Gasteiger partial charge on any atom is 0.279 e. The summed E-state index contributed by atoms with van der Waals surface area (Å²) in [5, 5.41) is 4.90. The van der Waals surface area contributed by atoms with Crippen molar-refractivity contribution in [2.45, 2.75) is 6.92 Å². The van der Waals surface area contributed by atoms with Gasteiger partial charge in [-0.05, 0) is 31.2 Å². The molecular formula is C19H21F3N3O3+. The molecule has 1 unspecified atom stereocenters. The fraction of sp³-hybridized carbons (Fsp3) is 0.263. The monoisotopic (exact) mass is 396 g/mol. The largest absolute Gasteiger partial charge is 0.497 e. The summed E-state index contributed by atoms with van der Waals surface area (Å²) in [4.78, 5) is 24.9. The van der Waals surface area contributed by atoms with E-state index in [1.807, 2.05) is 0 Å². The highest BCUT2D eigenvalue weighted by atomic mass is 19.2. The van der Waals surface area contributed by atoms with E-state index in [0.717, 1.165) is 12.1 Å². The molecule has 0 fully saturated rings. The van der Waals surface area contributed by atoms with E-state index < -0.39 is 29.0 Å². The van der Waals surface area contributed by atoms with E-state index >= 15 is 0 Å². The van der Waals surface area contributed by atoms with E-state index in [1.54, 1.807) is 31.2 Å². The Kier molecular flexibility index (Phi) is 7.39. The van der Waals surface area contributed by atoms with Gasteiger partial charge in [0.2, 0.25) is 0 Å². The van der Waals surface area contributed by atoms with Gasteiger partial charge in [-0.3, -0.25) is 9.59 Å². The number of nitrogens with one attached hydrogen (secondary N) is 3. The minimum atomic E-state index is -1.66. The molecule has 0 aliphatic carbocycles. The van der Waals surface area contributed by atoms with Crippen molar-refractivity contribution in [3.63, 3.8) is 0 Å². The van der Waals surface area contributed by atoms with Gasteiger partial charge in [0.1, 0.15) is 5.75 Å². The average Bonchev–Trinajstić information content (AvgIpc) is 2.68. The Morgan fingerprint density at radius 1 is 1.00 bits per heavy atom. The van der Waals surface area contributed by atoms with Gasteiger partial charge < -0.3 is 20.3 Å². The predicted octanol–water partition coefficient (Wildman–Crippen LogP) is 1.59. The number of hydrogen-bond donors (Lipinski definition) is 3. The third-order valence-corrected chi connectivity index (χ3v) is 3.98. The molecule has 2 rings (SSSR count). The molecule has 28 heavy (non-hydrogen) atoms. The van der Waals surface area contributed by atoms with Crippen molar-refractivity contribution in [3.8, 4) is 5.75 Å². The summed E-state index contributed by atoms with van der Waals surface area (Å²) in [6.07, 6.45) is 0. The predicted molar refractivity (Wildman–Crippen MR) is 97.8 cm³/mol. The summed E-state index contributed by atoms with van der Waals surface area (Å²) in [5.74, 6) is -4.83. The number of anilines is 2. The summed E-state index contributed by atoms with van der Waals surface area (Å²) in [6, 6.07) is 8.48. The van der Waals surface area contributed by atoms with Crippen molar-refractivity contribution in [3.05, 3.63) is 53.8 Å². The molecule has 0 saturated carbocycles. The van der Waals surface area contributed by atoms with Gasteiger partial charge >= 0.3 is 0 Å². The summed E-state index contributed by atoms with van der Waals surface area (Å²) >= 11 is 0. The van der Waals surface area contributed by atoms with E-state index in [4.69, 9.17) is 4.74 Å². The van der Waals surface area contributed by atoms with E-state index in [1.165, 1.54) is 7.11 Å². The van der Waals surface area contributed by atoms with Crippen LogP contribution in [-0.4, -0.2) is 38.6 Å². The van der Waals surface area contributed by atoms with Gasteiger partial charge in [-0.1, -0.05) is 6.07 Å². The van der Waals surface area contributed by atoms with Gasteiger partial charge in [-0.2, -0.15) is 0 Å². The second-order valence-electron chi connectivity index (χ2n) is 6.01. The first-order valence-corrected chi connectivity index (χ1v) is 8.54. The Balaban J connectivity index is 1.93. The lowest BCUT2D eigenvalue weighted by Crippen LogP contribution is -3.13. The Morgan fingerprint density at radius 3 is 2.32 bits per heavy atom. The highest BCUT2D eigenvalue weighted by Crippen LogP contribution is 2.19. The number of hydrogen-bond acceptors (Lipinski definition) is 3. The molecule has 0 spiro atoms. The number of halogens is 3. The minimum Gasteiger partial charge on any atom is -0.497 e. The summed E-state index contributed by atoms with van der Waals surface area (Å²) < 4.78 is 44.9. The maximum absolute atomic E-state index is 13.6. The lowest BCUT2D eigenvalue weighted by molar-refractivity contribution is -0.881. The molecule has 2 aromatic rings. The highest BCUT2D eigenvalue weighted by Gasteiger charge is 2.20. The lowest BCUT2D eigenvalue weighted by atomic mass is 10.2. The molecule has 0 aliphatic rings. The summed E-state index contributed by atoms with van der Waals surface area (Å²) in [5.41, 5.74) is 0.0910. The zero-order valence-electron chi connectivity index (χ0n) is 15.4. The van der Waals surface area contributed by atoms with Crippen LogP contribution in [0.25, 0.3) is 0 Å². The Hall–Kier alpha value is -3.07. The molecule has 9 heteroatoms. The standard InChI is InChI=1S/C19H20F3N3O3/c1-3-25(10-16(26)23-12-5-4-6-13(9-12)28-2)11-17(27)24-15-8-7-14(20)18(21)19(15)22/h4-9H,3,10-11H2,1-2H3,(H,23,26)(H,24,27)/p+1. The molecule has 1 atom stereocenters. The fourth-order valence-corrected chi connectivity index (χ4v) is 2.49. The number of likely N-dealkylation sites (N-methyl/N-ethyl adjacent to an activating group) is 1. The molecule has 0 radical (unpaired) electrons. The molecular weight excluding hydrogens is 375 g/mol. The number of ether oxygens (including phenoxy) is 1. The van der Waals surface area contributed by atoms with Crippen LogP contribution in [0.4, 0.5) is 24.5 Å². The number of rotatable bonds is 8. The van der Waals surface area contributed by atoms with Crippen LogP contribution in [-0.2, 0) is 9.59 Å². The first-order valence-electron chi connectivity index (χ1n) is 8.54. The normalized spacial score (nSPS) is 11.6. The summed E-state index contributed by atoms with van der Waals surface area (Å²) in [7, 11) is 1.51.